The van der Waals surface area contributed by atoms with E-state index in [1.165, 1.54) is 16.8 Å². The fourth-order valence-corrected chi connectivity index (χ4v) is 3.30. The summed E-state index contributed by atoms with van der Waals surface area (Å²) >= 11 is 0. The number of carboxylic acid groups (broad SMARTS) is 1. The molecule has 0 atom stereocenters. The van der Waals surface area contributed by atoms with Gasteiger partial charge in [0.15, 0.2) is 0 Å². The topological polar surface area (TPSA) is 42.2 Å². The smallest absolute Gasteiger partial charge is 0.335 e. The van der Waals surface area contributed by atoms with Gasteiger partial charge in [-0.2, -0.15) is 0 Å². The summed E-state index contributed by atoms with van der Waals surface area (Å²) in [7, 11) is 0. The zero-order valence-electron chi connectivity index (χ0n) is 13.7. The van der Waals surface area contributed by atoms with Crippen molar-refractivity contribution in [2.24, 2.45) is 0 Å². The van der Waals surface area contributed by atoms with Crippen LogP contribution in [0.1, 0.15) is 66.7 Å². The van der Waals surface area contributed by atoms with E-state index in [1.807, 2.05) is 13.0 Å². The number of rotatable bonds is 5. The molecular formula is C18H25NO2. The highest BCUT2D eigenvalue weighted by Crippen LogP contribution is 2.34. The van der Waals surface area contributed by atoms with Crippen molar-refractivity contribution in [3.63, 3.8) is 0 Å². The average molecular weight is 287 g/mol. The van der Waals surface area contributed by atoms with Crippen LogP contribution in [-0.2, 0) is 6.54 Å². The first-order valence-electron chi connectivity index (χ1n) is 7.75. The Balaban J connectivity index is 2.80. The third-order valence-electron chi connectivity index (χ3n) is 4.21. The summed E-state index contributed by atoms with van der Waals surface area (Å²) in [6.45, 7) is 11.7. The van der Waals surface area contributed by atoms with Gasteiger partial charge in [0.1, 0.15) is 0 Å². The van der Waals surface area contributed by atoms with E-state index in [4.69, 9.17) is 0 Å². The van der Waals surface area contributed by atoms with Gasteiger partial charge in [-0.15, -0.1) is 0 Å². The van der Waals surface area contributed by atoms with Crippen LogP contribution in [0.2, 0.25) is 0 Å². The third kappa shape index (κ3) is 2.69. The van der Waals surface area contributed by atoms with Crippen molar-refractivity contribution in [3.05, 3.63) is 34.5 Å². The Kier molecular flexibility index (Phi) is 4.40. The fraction of sp³-hybridized carbons (Fsp3) is 0.500. The van der Waals surface area contributed by atoms with Gasteiger partial charge in [-0.1, -0.05) is 27.2 Å². The van der Waals surface area contributed by atoms with E-state index >= 15 is 0 Å². The first-order valence-corrected chi connectivity index (χ1v) is 7.75. The Morgan fingerprint density at radius 3 is 2.48 bits per heavy atom. The zero-order valence-corrected chi connectivity index (χ0v) is 13.7. The molecule has 0 radical (unpaired) electrons. The van der Waals surface area contributed by atoms with Gasteiger partial charge < -0.3 is 9.67 Å². The quantitative estimate of drug-likeness (QED) is 0.851. The Morgan fingerprint density at radius 2 is 1.95 bits per heavy atom. The van der Waals surface area contributed by atoms with Gasteiger partial charge in [-0.05, 0) is 49.4 Å². The van der Waals surface area contributed by atoms with Gasteiger partial charge in [0.05, 0.1) is 11.1 Å². The lowest BCUT2D eigenvalue weighted by molar-refractivity contribution is 0.0697. The minimum absolute atomic E-state index is 0.384. The number of carboxylic acids is 1. The van der Waals surface area contributed by atoms with Crippen LogP contribution in [-0.4, -0.2) is 15.6 Å². The highest BCUT2D eigenvalue weighted by molar-refractivity contribution is 5.97. The molecule has 0 aliphatic heterocycles. The molecule has 3 nitrogen and oxygen atoms in total. The van der Waals surface area contributed by atoms with Gasteiger partial charge >= 0.3 is 5.97 Å². The van der Waals surface area contributed by atoms with E-state index in [1.54, 1.807) is 6.07 Å². The lowest BCUT2D eigenvalue weighted by Crippen LogP contribution is -2.02. The second-order valence-corrected chi connectivity index (χ2v) is 6.15. The fourth-order valence-electron chi connectivity index (χ4n) is 3.30. The number of carbonyl (C=O) groups is 1. The molecule has 0 saturated carbocycles. The maximum absolute atomic E-state index is 11.3. The van der Waals surface area contributed by atoms with Crippen molar-refractivity contribution < 1.29 is 9.90 Å². The minimum atomic E-state index is -0.853. The minimum Gasteiger partial charge on any atom is -0.478 e. The van der Waals surface area contributed by atoms with Crippen molar-refractivity contribution in [1.82, 2.24) is 4.57 Å². The van der Waals surface area contributed by atoms with Crippen molar-refractivity contribution >= 4 is 16.9 Å². The van der Waals surface area contributed by atoms with Crippen LogP contribution in [0.3, 0.4) is 0 Å². The van der Waals surface area contributed by atoms with E-state index in [2.05, 4.69) is 32.3 Å². The Morgan fingerprint density at radius 1 is 1.29 bits per heavy atom. The molecule has 0 fully saturated rings. The highest BCUT2D eigenvalue weighted by Gasteiger charge is 2.19. The molecule has 3 heteroatoms. The van der Waals surface area contributed by atoms with E-state index in [0.717, 1.165) is 30.3 Å². The first-order chi connectivity index (χ1) is 9.88. The summed E-state index contributed by atoms with van der Waals surface area (Å²) in [5.41, 5.74) is 5.20. The molecule has 0 saturated heterocycles. The Hall–Kier alpha value is -1.77. The van der Waals surface area contributed by atoms with Crippen molar-refractivity contribution in [1.29, 1.82) is 0 Å². The number of unbranched alkanes of at least 4 members (excludes halogenated alkanes) is 1. The van der Waals surface area contributed by atoms with E-state index < -0.39 is 5.97 Å². The van der Waals surface area contributed by atoms with Gasteiger partial charge in [0, 0.05) is 17.6 Å². The molecule has 2 rings (SSSR count). The molecule has 1 aromatic heterocycles. The number of aromatic nitrogens is 1. The maximum Gasteiger partial charge on any atom is 0.335 e. The third-order valence-corrected chi connectivity index (χ3v) is 4.21. The average Bonchev–Trinajstić information content (AvgIpc) is 2.68. The normalized spacial score (nSPS) is 11.5. The van der Waals surface area contributed by atoms with Gasteiger partial charge in [-0.25, -0.2) is 4.79 Å². The van der Waals surface area contributed by atoms with Gasteiger partial charge in [0.2, 0.25) is 0 Å². The highest BCUT2D eigenvalue weighted by atomic mass is 16.4. The zero-order chi connectivity index (χ0) is 15.7. The SMILES string of the molecule is CCCCn1c(C)c(C(C)C)c2cc(C(=O)O)cc(C)c21. The predicted octanol–water partition coefficient (Wildman–Crippen LogP) is 4.88. The lowest BCUT2D eigenvalue weighted by Gasteiger charge is -2.10. The van der Waals surface area contributed by atoms with Crippen LogP contribution in [0, 0.1) is 13.8 Å². The van der Waals surface area contributed by atoms with E-state index in [0.29, 0.717) is 11.5 Å². The largest absolute Gasteiger partial charge is 0.478 e. The molecule has 2 aromatic rings. The first kappa shape index (κ1) is 15.6. The molecule has 0 aliphatic carbocycles. The number of nitrogens with zero attached hydrogens (tertiary/aromatic N) is 1. The Labute approximate surface area is 126 Å². The van der Waals surface area contributed by atoms with Crippen LogP contribution in [0.25, 0.3) is 10.9 Å². The standard InChI is InChI=1S/C18H25NO2/c1-6-7-8-19-13(5)16(11(2)3)15-10-14(18(20)21)9-12(4)17(15)19/h9-11H,6-8H2,1-5H3,(H,20,21). The van der Waals surface area contributed by atoms with Crippen LogP contribution in [0.4, 0.5) is 0 Å². The molecule has 1 heterocycles. The predicted molar refractivity (Wildman–Crippen MR) is 87.4 cm³/mol. The molecule has 114 valence electrons. The summed E-state index contributed by atoms with van der Waals surface area (Å²) in [5, 5.41) is 10.4. The van der Waals surface area contributed by atoms with Crippen molar-refractivity contribution in [2.75, 3.05) is 0 Å². The van der Waals surface area contributed by atoms with Crippen molar-refractivity contribution in [2.45, 2.75) is 59.9 Å². The van der Waals surface area contributed by atoms with Crippen LogP contribution in [0.5, 0.6) is 0 Å². The van der Waals surface area contributed by atoms with Crippen LogP contribution in [0.15, 0.2) is 12.1 Å². The van der Waals surface area contributed by atoms with E-state index in [-0.39, 0.29) is 0 Å². The molecule has 0 spiro atoms. The van der Waals surface area contributed by atoms with Gasteiger partial charge in [-0.3, -0.25) is 0 Å². The number of hydrogen-bond acceptors (Lipinski definition) is 1. The second kappa shape index (κ2) is 5.92. The summed E-state index contributed by atoms with van der Waals surface area (Å²) in [4.78, 5) is 11.3. The molecule has 1 N–H and O–H groups in total. The molecular weight excluding hydrogens is 262 g/mol. The maximum atomic E-state index is 11.3. The Bertz CT molecular complexity index is 680. The monoisotopic (exact) mass is 287 g/mol. The molecule has 0 amide bonds. The molecule has 21 heavy (non-hydrogen) atoms. The van der Waals surface area contributed by atoms with E-state index in [9.17, 15) is 9.90 Å². The number of hydrogen-bond donors (Lipinski definition) is 1. The van der Waals surface area contributed by atoms with Crippen LogP contribution >= 0.6 is 0 Å². The number of aryl methyl sites for hydroxylation is 2. The number of benzene rings is 1. The van der Waals surface area contributed by atoms with Gasteiger partial charge in [0.25, 0.3) is 0 Å². The summed E-state index contributed by atoms with van der Waals surface area (Å²) < 4.78 is 2.37. The molecule has 0 unspecified atom stereocenters. The summed E-state index contributed by atoms with van der Waals surface area (Å²) in [6, 6.07) is 3.63. The summed E-state index contributed by atoms with van der Waals surface area (Å²) in [5.74, 6) is -0.465. The second-order valence-electron chi connectivity index (χ2n) is 6.15. The molecule has 0 bridgehead atoms. The van der Waals surface area contributed by atoms with Crippen LogP contribution < -0.4 is 0 Å². The number of fused-ring (bicyclic) bond motifs is 1. The van der Waals surface area contributed by atoms with Crippen molar-refractivity contribution in [3.8, 4) is 0 Å². The number of aromatic carboxylic acids is 1. The molecule has 0 aliphatic rings. The lowest BCUT2D eigenvalue weighted by atomic mass is 9.97. The molecule has 1 aromatic carbocycles. The summed E-state index contributed by atoms with van der Waals surface area (Å²) in [6.07, 6.45) is 2.30.